The van der Waals surface area contributed by atoms with Gasteiger partial charge >= 0.3 is 5.97 Å². The summed E-state index contributed by atoms with van der Waals surface area (Å²) in [6.07, 6.45) is -9.64. The first-order valence-electron chi connectivity index (χ1n) is 10.7. The van der Waals surface area contributed by atoms with Crippen molar-refractivity contribution in [2.75, 3.05) is 11.9 Å². The minimum atomic E-state index is -1.98. The van der Waals surface area contributed by atoms with Gasteiger partial charge in [0, 0.05) is 5.69 Å². The Hall–Kier alpha value is -3.75. The fraction of sp³-hybridized carbons (Fsp3) is 0.333. The number of amides is 1. The molecule has 1 fully saturated rings. The number of carbonyl (C=O) groups is 2. The van der Waals surface area contributed by atoms with Crippen LogP contribution < -0.4 is 10.1 Å². The van der Waals surface area contributed by atoms with Gasteiger partial charge in [-0.25, -0.2) is 4.79 Å². The Labute approximate surface area is 215 Å². The highest BCUT2D eigenvalue weighted by Gasteiger charge is 2.51. The number of hydrogen-bond acceptors (Lipinski definition) is 10. The van der Waals surface area contributed by atoms with Gasteiger partial charge in [0.1, 0.15) is 36.7 Å². The van der Waals surface area contributed by atoms with Gasteiger partial charge < -0.3 is 40.0 Å². The van der Waals surface area contributed by atoms with Crippen molar-refractivity contribution in [3.8, 4) is 17.9 Å². The zero-order valence-electron chi connectivity index (χ0n) is 19.2. The fourth-order valence-electron chi connectivity index (χ4n) is 3.35. The second-order valence-electron chi connectivity index (χ2n) is 8.27. The van der Waals surface area contributed by atoms with Gasteiger partial charge in [-0.1, -0.05) is 11.6 Å². The van der Waals surface area contributed by atoms with Crippen LogP contribution in [0, 0.1) is 22.7 Å². The fourth-order valence-corrected chi connectivity index (χ4v) is 3.58. The van der Waals surface area contributed by atoms with Crippen LogP contribution in [-0.2, 0) is 19.1 Å². The average Bonchev–Trinajstić information content (AvgIpc) is 2.88. The molecule has 5 unspecified atom stereocenters. The second kappa shape index (κ2) is 11.5. The molecule has 0 aromatic heterocycles. The highest BCUT2D eigenvalue weighted by molar-refractivity contribution is 6.32. The lowest BCUT2D eigenvalue weighted by Gasteiger charge is -2.41. The summed E-state index contributed by atoms with van der Waals surface area (Å²) in [4.78, 5) is 24.8. The summed E-state index contributed by atoms with van der Waals surface area (Å²) in [5.41, 5.74) is -1.25. The third-order valence-electron chi connectivity index (χ3n) is 5.51. The van der Waals surface area contributed by atoms with Crippen molar-refractivity contribution in [1.82, 2.24) is 0 Å². The van der Waals surface area contributed by atoms with Gasteiger partial charge in [-0.15, -0.1) is 0 Å². The van der Waals surface area contributed by atoms with Crippen LogP contribution >= 0.6 is 11.6 Å². The largest absolute Gasteiger partial charge is 0.490 e. The van der Waals surface area contributed by atoms with Crippen LogP contribution in [0.25, 0.3) is 0 Å². The van der Waals surface area contributed by atoms with Gasteiger partial charge in [-0.3, -0.25) is 4.79 Å². The maximum Gasteiger partial charge on any atom is 0.335 e. The molecule has 1 heterocycles. The van der Waals surface area contributed by atoms with E-state index in [1.807, 2.05) is 12.1 Å². The van der Waals surface area contributed by atoms with Gasteiger partial charge in [0.2, 0.25) is 0 Å². The molecular formula is C24H22ClN3O9. The smallest absolute Gasteiger partial charge is 0.335 e. The molecule has 2 aromatic rings. The topological polar surface area (TPSA) is 202 Å². The number of nitriles is 2. The Kier molecular flexibility index (Phi) is 8.68. The zero-order chi connectivity index (χ0) is 27.3. The van der Waals surface area contributed by atoms with Crippen molar-refractivity contribution in [3.05, 3.63) is 58.6 Å². The predicted octanol–water partition coefficient (Wildman–Crippen LogP) is 0.768. The summed E-state index contributed by atoms with van der Waals surface area (Å²) < 4.78 is 16.5. The molecule has 13 heteroatoms. The number of benzene rings is 2. The summed E-state index contributed by atoms with van der Waals surface area (Å²) in [6, 6.07) is 13.9. The van der Waals surface area contributed by atoms with Crippen molar-refractivity contribution in [2.45, 2.75) is 43.2 Å². The quantitative estimate of drug-likeness (QED) is 0.322. The normalized spacial score (nSPS) is 24.7. The molecule has 0 radical (unpaired) electrons. The maximum atomic E-state index is 13.3. The molecule has 3 rings (SSSR count). The van der Waals surface area contributed by atoms with E-state index < -0.39 is 54.8 Å². The van der Waals surface area contributed by atoms with E-state index in [-0.39, 0.29) is 22.0 Å². The second-order valence-corrected chi connectivity index (χ2v) is 8.68. The Morgan fingerprint density at radius 2 is 1.76 bits per heavy atom. The summed E-state index contributed by atoms with van der Waals surface area (Å²) in [5, 5.41) is 60.3. The third kappa shape index (κ3) is 6.34. The lowest BCUT2D eigenvalue weighted by molar-refractivity contribution is -0.315. The van der Waals surface area contributed by atoms with E-state index in [1.165, 1.54) is 49.4 Å². The van der Waals surface area contributed by atoms with Crippen LogP contribution in [0.5, 0.6) is 5.75 Å². The number of ether oxygens (including phenoxy) is 3. The molecule has 1 saturated heterocycles. The van der Waals surface area contributed by atoms with Crippen LogP contribution in [-0.4, -0.2) is 75.2 Å². The molecule has 194 valence electrons. The van der Waals surface area contributed by atoms with Crippen molar-refractivity contribution in [1.29, 1.82) is 10.5 Å². The average molecular weight is 532 g/mol. The van der Waals surface area contributed by atoms with E-state index in [0.717, 1.165) is 0 Å². The van der Waals surface area contributed by atoms with E-state index in [9.17, 15) is 30.0 Å². The van der Waals surface area contributed by atoms with Gasteiger partial charge in [-0.05, 0) is 49.4 Å². The number of rotatable bonds is 8. The SMILES string of the molecule is C[C@@](COc1ccc(C#N)cc1)(OC1OC(C(=O)O)C(O)C(O)C1O)C(=O)Nc1ccc(C#N)c(Cl)c1. The molecule has 1 amide bonds. The van der Waals surface area contributed by atoms with E-state index in [4.69, 9.17) is 36.3 Å². The minimum absolute atomic E-state index is 0.0733. The van der Waals surface area contributed by atoms with Gasteiger partial charge in [0.05, 0.1) is 22.2 Å². The Balaban J connectivity index is 1.88. The molecule has 12 nitrogen and oxygen atoms in total. The summed E-state index contributed by atoms with van der Waals surface area (Å²) >= 11 is 6.03. The van der Waals surface area contributed by atoms with Crippen molar-refractivity contribution >= 4 is 29.2 Å². The van der Waals surface area contributed by atoms with Gasteiger partial charge in [-0.2, -0.15) is 10.5 Å². The number of hydrogen-bond donors (Lipinski definition) is 5. The standard InChI is InChI=1S/C24H22ClN3O9/c1-24(11-35-15-6-2-12(9-26)3-7-15,23(34)28-14-5-4-13(10-27)16(25)8-14)37-22-19(31)17(29)18(30)20(36-22)21(32)33/h2-8,17-20,22,29-31H,11H2,1H3,(H,28,34)(H,32,33)/t17?,18?,19?,20?,22?,24-/m0/s1. The molecule has 0 aliphatic carbocycles. The first-order chi connectivity index (χ1) is 17.5. The van der Waals surface area contributed by atoms with Gasteiger partial charge in [0.15, 0.2) is 18.0 Å². The van der Waals surface area contributed by atoms with Crippen molar-refractivity contribution in [2.24, 2.45) is 0 Å². The first kappa shape index (κ1) is 27.8. The van der Waals surface area contributed by atoms with Crippen molar-refractivity contribution in [3.63, 3.8) is 0 Å². The summed E-state index contributed by atoms with van der Waals surface area (Å²) in [6.45, 7) is 0.762. The van der Waals surface area contributed by atoms with Crippen LogP contribution in [0.1, 0.15) is 18.1 Å². The van der Waals surface area contributed by atoms with Crippen LogP contribution in [0.4, 0.5) is 5.69 Å². The Morgan fingerprint density at radius 1 is 1.08 bits per heavy atom. The zero-order valence-corrected chi connectivity index (χ0v) is 20.0. The molecule has 2 aromatic carbocycles. The molecule has 1 aliphatic rings. The van der Waals surface area contributed by atoms with E-state index in [1.54, 1.807) is 0 Å². The number of nitrogens with zero attached hydrogens (tertiary/aromatic N) is 2. The highest BCUT2D eigenvalue weighted by Crippen LogP contribution is 2.29. The number of carbonyl (C=O) groups excluding carboxylic acids is 1. The summed E-state index contributed by atoms with van der Waals surface area (Å²) in [5.74, 6) is -2.21. The molecule has 0 saturated carbocycles. The lowest BCUT2D eigenvalue weighted by atomic mass is 9.98. The monoisotopic (exact) mass is 531 g/mol. The number of aliphatic hydroxyl groups is 3. The highest BCUT2D eigenvalue weighted by atomic mass is 35.5. The predicted molar refractivity (Wildman–Crippen MR) is 125 cm³/mol. The maximum absolute atomic E-state index is 13.3. The first-order valence-corrected chi connectivity index (χ1v) is 11.1. The third-order valence-corrected chi connectivity index (χ3v) is 5.83. The van der Waals surface area contributed by atoms with E-state index in [2.05, 4.69) is 5.32 Å². The number of carboxylic acids is 1. The Bertz CT molecular complexity index is 1240. The number of anilines is 1. The molecular weight excluding hydrogens is 510 g/mol. The van der Waals surface area contributed by atoms with E-state index in [0.29, 0.717) is 5.56 Å². The number of nitrogens with one attached hydrogen (secondary N) is 1. The van der Waals surface area contributed by atoms with Crippen LogP contribution in [0.3, 0.4) is 0 Å². The van der Waals surface area contributed by atoms with Crippen molar-refractivity contribution < 1.29 is 44.2 Å². The number of aliphatic carboxylic acids is 1. The molecule has 0 spiro atoms. The molecule has 1 aliphatic heterocycles. The lowest BCUT2D eigenvalue weighted by Crippen LogP contribution is -2.63. The summed E-state index contributed by atoms with van der Waals surface area (Å²) in [7, 11) is 0. The molecule has 37 heavy (non-hydrogen) atoms. The molecule has 0 bridgehead atoms. The van der Waals surface area contributed by atoms with Crippen LogP contribution in [0.15, 0.2) is 42.5 Å². The minimum Gasteiger partial charge on any atom is -0.490 e. The number of halogens is 1. The van der Waals surface area contributed by atoms with E-state index >= 15 is 0 Å². The molecule has 6 atom stereocenters. The number of aliphatic hydroxyl groups excluding tert-OH is 3. The van der Waals surface area contributed by atoms with Crippen LogP contribution in [0.2, 0.25) is 5.02 Å². The van der Waals surface area contributed by atoms with Gasteiger partial charge in [0.25, 0.3) is 5.91 Å². The molecule has 5 N–H and O–H groups in total. The number of carboxylic acid groups (broad SMARTS) is 1. The Morgan fingerprint density at radius 3 is 2.32 bits per heavy atom.